The predicted octanol–water partition coefficient (Wildman–Crippen LogP) is 3.06. The molecule has 106 valence electrons. The van der Waals surface area contributed by atoms with Crippen LogP contribution in [-0.2, 0) is 0 Å². The Morgan fingerprint density at radius 2 is 2.00 bits per heavy atom. The van der Waals surface area contributed by atoms with Crippen molar-refractivity contribution >= 4 is 17.3 Å². The number of nitrogens with one attached hydrogen (secondary N) is 1. The van der Waals surface area contributed by atoms with Gasteiger partial charge in [0.05, 0.1) is 26.1 Å². The third-order valence-corrected chi connectivity index (χ3v) is 3.33. The summed E-state index contributed by atoms with van der Waals surface area (Å²) in [5, 5.41) is 0.950. The van der Waals surface area contributed by atoms with Gasteiger partial charge in [0.2, 0.25) is 0 Å². The highest BCUT2D eigenvalue weighted by atomic mass is 16.5. The maximum Gasteiger partial charge on any atom is 0.150 e. The fourth-order valence-electron chi connectivity index (χ4n) is 2.26. The Labute approximate surface area is 121 Å². The molecule has 3 rings (SSSR count). The average Bonchev–Trinajstić information content (AvgIpc) is 2.96. The van der Waals surface area contributed by atoms with Crippen LogP contribution in [-0.4, -0.2) is 30.5 Å². The number of ether oxygens (including phenoxy) is 2. The fourth-order valence-corrected chi connectivity index (χ4v) is 2.26. The summed E-state index contributed by atoms with van der Waals surface area (Å²) in [6.07, 6.45) is 2.46. The van der Waals surface area contributed by atoms with Gasteiger partial charge in [0, 0.05) is 16.5 Å². The first-order valence-electron chi connectivity index (χ1n) is 6.41. The number of hydrogen-bond acceptors (Lipinski definition) is 4. The summed E-state index contributed by atoms with van der Waals surface area (Å²) >= 11 is 0. The number of aromatic nitrogens is 2. The lowest BCUT2D eigenvalue weighted by molar-refractivity contribution is 0.112. The van der Waals surface area contributed by atoms with E-state index in [2.05, 4.69) is 9.97 Å². The number of hydrogen-bond donors (Lipinski definition) is 1. The first kappa shape index (κ1) is 13.2. The molecule has 3 aromatic rings. The molecule has 0 atom stereocenters. The highest BCUT2D eigenvalue weighted by Crippen LogP contribution is 2.32. The Morgan fingerprint density at radius 1 is 1.14 bits per heavy atom. The van der Waals surface area contributed by atoms with Crippen molar-refractivity contribution in [2.45, 2.75) is 0 Å². The molecule has 0 spiro atoms. The zero-order valence-electron chi connectivity index (χ0n) is 11.7. The van der Waals surface area contributed by atoms with Crippen molar-refractivity contribution in [3.8, 4) is 22.8 Å². The van der Waals surface area contributed by atoms with Gasteiger partial charge in [-0.3, -0.25) is 4.79 Å². The van der Waals surface area contributed by atoms with Crippen molar-refractivity contribution in [1.29, 1.82) is 0 Å². The van der Waals surface area contributed by atoms with E-state index in [0.717, 1.165) is 28.6 Å². The maximum atomic E-state index is 10.8. The van der Waals surface area contributed by atoms with Crippen molar-refractivity contribution in [2.24, 2.45) is 0 Å². The van der Waals surface area contributed by atoms with Crippen LogP contribution >= 0.6 is 0 Å². The van der Waals surface area contributed by atoms with Gasteiger partial charge in [0.25, 0.3) is 0 Å². The summed E-state index contributed by atoms with van der Waals surface area (Å²) in [7, 11) is 3.19. The maximum absolute atomic E-state index is 10.8. The molecule has 0 aliphatic rings. The third kappa shape index (κ3) is 2.33. The molecule has 0 aliphatic heterocycles. The number of H-pyrrole nitrogens is 1. The lowest BCUT2D eigenvalue weighted by Crippen LogP contribution is -1.90. The Bertz CT molecular complexity index is 808. The Balaban J connectivity index is 2.13. The molecular weight excluding hydrogens is 268 g/mol. The van der Waals surface area contributed by atoms with Gasteiger partial charge in [-0.2, -0.15) is 0 Å². The second-order valence-electron chi connectivity index (χ2n) is 4.57. The Hall–Kier alpha value is -2.82. The van der Waals surface area contributed by atoms with E-state index in [1.54, 1.807) is 32.5 Å². The molecule has 5 nitrogen and oxygen atoms in total. The number of nitrogens with zero attached hydrogens (tertiary/aromatic N) is 1. The van der Waals surface area contributed by atoms with Crippen molar-refractivity contribution in [3.63, 3.8) is 0 Å². The van der Waals surface area contributed by atoms with E-state index in [4.69, 9.17) is 9.47 Å². The number of methoxy groups -OCH3 is 2. The van der Waals surface area contributed by atoms with Crippen LogP contribution in [0.2, 0.25) is 0 Å². The number of carbonyl (C=O) groups excluding carboxylic acids is 1. The highest BCUT2D eigenvalue weighted by Gasteiger charge is 2.11. The minimum Gasteiger partial charge on any atom is -0.496 e. The average molecular weight is 282 g/mol. The summed E-state index contributed by atoms with van der Waals surface area (Å²) in [5.74, 6) is 1.34. The molecule has 1 N–H and O–H groups in total. The van der Waals surface area contributed by atoms with Gasteiger partial charge in [-0.15, -0.1) is 0 Å². The largest absolute Gasteiger partial charge is 0.496 e. The number of pyridine rings is 1. The summed E-state index contributed by atoms with van der Waals surface area (Å²) in [5.41, 5.74) is 3.10. The van der Waals surface area contributed by atoms with Crippen LogP contribution < -0.4 is 9.47 Å². The molecule has 2 heterocycles. The lowest BCUT2D eigenvalue weighted by atomic mass is 10.1. The smallest absolute Gasteiger partial charge is 0.150 e. The van der Waals surface area contributed by atoms with Gasteiger partial charge in [0.15, 0.2) is 0 Å². The summed E-state index contributed by atoms with van der Waals surface area (Å²) < 4.78 is 10.5. The Morgan fingerprint density at radius 3 is 2.71 bits per heavy atom. The predicted molar refractivity (Wildman–Crippen MR) is 80.0 cm³/mol. The van der Waals surface area contributed by atoms with Crippen molar-refractivity contribution < 1.29 is 14.3 Å². The number of fused-ring (bicyclic) bond motifs is 1. The van der Waals surface area contributed by atoms with E-state index < -0.39 is 0 Å². The minimum atomic E-state index is 0.575. The van der Waals surface area contributed by atoms with Crippen LogP contribution in [0, 0.1) is 0 Å². The standard InChI is InChI=1S/C16H14N2O3/c1-20-12-6-11-7-14(18-16(11)17-8-12)13-4-3-10(9-19)5-15(13)21-2/h3-9H,1-2H3,(H,17,18). The molecule has 21 heavy (non-hydrogen) atoms. The first-order chi connectivity index (χ1) is 10.2. The van der Waals surface area contributed by atoms with Crippen LogP contribution in [0.4, 0.5) is 0 Å². The van der Waals surface area contributed by atoms with Gasteiger partial charge < -0.3 is 14.5 Å². The highest BCUT2D eigenvalue weighted by molar-refractivity contribution is 5.86. The van der Waals surface area contributed by atoms with Crippen molar-refractivity contribution in [2.75, 3.05) is 14.2 Å². The van der Waals surface area contributed by atoms with Crippen LogP contribution in [0.1, 0.15) is 10.4 Å². The fraction of sp³-hybridized carbons (Fsp3) is 0.125. The zero-order valence-corrected chi connectivity index (χ0v) is 11.7. The first-order valence-corrected chi connectivity index (χ1v) is 6.41. The molecule has 0 amide bonds. The quantitative estimate of drug-likeness (QED) is 0.747. The zero-order chi connectivity index (χ0) is 14.8. The monoisotopic (exact) mass is 282 g/mol. The van der Waals surface area contributed by atoms with Gasteiger partial charge in [-0.05, 0) is 24.3 Å². The molecule has 1 aromatic carbocycles. The molecule has 0 fully saturated rings. The molecule has 0 saturated carbocycles. The summed E-state index contributed by atoms with van der Waals surface area (Å²) in [4.78, 5) is 18.4. The van der Waals surface area contributed by atoms with Crippen LogP contribution in [0.3, 0.4) is 0 Å². The normalized spacial score (nSPS) is 10.6. The minimum absolute atomic E-state index is 0.575. The lowest BCUT2D eigenvalue weighted by Gasteiger charge is -2.07. The van der Waals surface area contributed by atoms with Crippen molar-refractivity contribution in [1.82, 2.24) is 9.97 Å². The van der Waals surface area contributed by atoms with Gasteiger partial charge in [-0.1, -0.05) is 6.07 Å². The number of aldehydes is 1. The van der Waals surface area contributed by atoms with E-state index in [1.165, 1.54) is 0 Å². The molecule has 0 unspecified atom stereocenters. The van der Waals surface area contributed by atoms with E-state index in [-0.39, 0.29) is 0 Å². The van der Waals surface area contributed by atoms with Gasteiger partial charge in [0.1, 0.15) is 23.4 Å². The van der Waals surface area contributed by atoms with Crippen LogP contribution in [0.15, 0.2) is 36.5 Å². The van der Waals surface area contributed by atoms with E-state index in [1.807, 2.05) is 18.2 Å². The molecule has 0 bridgehead atoms. The van der Waals surface area contributed by atoms with E-state index in [9.17, 15) is 4.79 Å². The topological polar surface area (TPSA) is 64.2 Å². The summed E-state index contributed by atoms with van der Waals surface area (Å²) in [6.45, 7) is 0. The number of carbonyl (C=O) groups is 1. The number of aromatic amines is 1. The molecular formula is C16H14N2O3. The second kappa shape index (κ2) is 5.28. The molecule has 0 radical (unpaired) electrons. The molecule has 0 aliphatic carbocycles. The number of rotatable bonds is 4. The van der Waals surface area contributed by atoms with Gasteiger partial charge >= 0.3 is 0 Å². The SMILES string of the molecule is COc1cnc2[nH]c(-c3ccc(C=O)cc3OC)cc2c1. The van der Waals surface area contributed by atoms with Crippen LogP contribution in [0.25, 0.3) is 22.3 Å². The second-order valence-corrected chi connectivity index (χ2v) is 4.57. The van der Waals surface area contributed by atoms with Gasteiger partial charge in [-0.25, -0.2) is 4.98 Å². The van der Waals surface area contributed by atoms with Crippen molar-refractivity contribution in [3.05, 3.63) is 42.1 Å². The molecule has 0 saturated heterocycles. The van der Waals surface area contributed by atoms with E-state index >= 15 is 0 Å². The van der Waals surface area contributed by atoms with Crippen LogP contribution in [0.5, 0.6) is 11.5 Å². The van der Waals surface area contributed by atoms with E-state index in [0.29, 0.717) is 17.1 Å². The molecule has 5 heteroatoms. The Kier molecular flexibility index (Phi) is 3.31. The molecule has 2 aromatic heterocycles. The number of benzene rings is 1. The third-order valence-electron chi connectivity index (χ3n) is 3.33. The summed E-state index contributed by atoms with van der Waals surface area (Å²) in [6, 6.07) is 9.20.